The summed E-state index contributed by atoms with van der Waals surface area (Å²) >= 11 is 0. The standard InChI is InChI=1S/C17H23N3O2/c1-3-20(12-13-8-6-7-11-22-13)17(21)16-14-9-4-5-10-15(14)19(2)18-16/h4-5,9-10,13H,3,6-8,11-12H2,1-2H3. The topological polar surface area (TPSA) is 47.4 Å². The van der Waals surface area contributed by atoms with Crippen molar-refractivity contribution in [3.63, 3.8) is 0 Å². The molecule has 0 spiro atoms. The number of carbonyl (C=O) groups excluding carboxylic acids is 1. The van der Waals surface area contributed by atoms with Gasteiger partial charge in [-0.1, -0.05) is 18.2 Å². The van der Waals surface area contributed by atoms with Crippen LogP contribution < -0.4 is 0 Å². The van der Waals surface area contributed by atoms with E-state index >= 15 is 0 Å². The molecule has 1 aromatic carbocycles. The predicted octanol–water partition coefficient (Wildman–Crippen LogP) is 2.60. The van der Waals surface area contributed by atoms with Crippen LogP contribution in [0.25, 0.3) is 10.9 Å². The first-order valence-electron chi connectivity index (χ1n) is 8.03. The van der Waals surface area contributed by atoms with Crippen LogP contribution in [0.4, 0.5) is 0 Å². The summed E-state index contributed by atoms with van der Waals surface area (Å²) in [6.45, 7) is 4.14. The molecule has 3 rings (SSSR count). The van der Waals surface area contributed by atoms with Gasteiger partial charge in [-0.2, -0.15) is 5.10 Å². The lowest BCUT2D eigenvalue weighted by Crippen LogP contribution is -2.39. The van der Waals surface area contributed by atoms with E-state index in [0.29, 0.717) is 18.8 Å². The molecule has 1 fully saturated rings. The minimum absolute atomic E-state index is 0.00604. The molecule has 1 saturated heterocycles. The van der Waals surface area contributed by atoms with E-state index in [-0.39, 0.29) is 12.0 Å². The van der Waals surface area contributed by atoms with Crippen LogP contribution in [-0.2, 0) is 11.8 Å². The van der Waals surface area contributed by atoms with Crippen LogP contribution in [0, 0.1) is 0 Å². The van der Waals surface area contributed by atoms with Gasteiger partial charge in [0.15, 0.2) is 5.69 Å². The fourth-order valence-corrected chi connectivity index (χ4v) is 3.07. The average Bonchev–Trinajstić information content (AvgIpc) is 2.90. The van der Waals surface area contributed by atoms with Crippen LogP contribution in [0.3, 0.4) is 0 Å². The molecule has 1 unspecified atom stereocenters. The molecule has 5 heteroatoms. The number of rotatable bonds is 4. The van der Waals surface area contributed by atoms with Crippen molar-refractivity contribution >= 4 is 16.8 Å². The second kappa shape index (κ2) is 6.48. The zero-order valence-corrected chi connectivity index (χ0v) is 13.3. The molecule has 1 atom stereocenters. The molecule has 0 N–H and O–H groups in total. The highest BCUT2D eigenvalue weighted by molar-refractivity contribution is 6.04. The van der Waals surface area contributed by atoms with E-state index in [1.807, 2.05) is 43.1 Å². The van der Waals surface area contributed by atoms with Crippen molar-refractivity contribution in [2.24, 2.45) is 7.05 Å². The highest BCUT2D eigenvalue weighted by atomic mass is 16.5. The van der Waals surface area contributed by atoms with Crippen molar-refractivity contribution in [3.05, 3.63) is 30.0 Å². The van der Waals surface area contributed by atoms with Gasteiger partial charge in [0.05, 0.1) is 11.6 Å². The third-order valence-electron chi connectivity index (χ3n) is 4.33. The largest absolute Gasteiger partial charge is 0.376 e. The van der Waals surface area contributed by atoms with Gasteiger partial charge in [-0.3, -0.25) is 9.48 Å². The molecule has 1 aliphatic heterocycles. The molecule has 0 aliphatic carbocycles. The van der Waals surface area contributed by atoms with Crippen molar-refractivity contribution in [2.45, 2.75) is 32.3 Å². The number of aromatic nitrogens is 2. The highest BCUT2D eigenvalue weighted by Crippen LogP contribution is 2.20. The van der Waals surface area contributed by atoms with Crippen molar-refractivity contribution in [2.75, 3.05) is 19.7 Å². The Balaban J connectivity index is 1.83. The summed E-state index contributed by atoms with van der Waals surface area (Å²) in [5.41, 5.74) is 1.52. The zero-order chi connectivity index (χ0) is 15.5. The van der Waals surface area contributed by atoms with E-state index in [0.717, 1.165) is 30.4 Å². The van der Waals surface area contributed by atoms with Gasteiger partial charge in [-0.15, -0.1) is 0 Å². The normalized spacial score (nSPS) is 18.5. The van der Waals surface area contributed by atoms with Crippen LogP contribution >= 0.6 is 0 Å². The first kappa shape index (κ1) is 15.0. The summed E-state index contributed by atoms with van der Waals surface area (Å²) in [6.07, 6.45) is 3.50. The van der Waals surface area contributed by atoms with E-state index in [1.54, 1.807) is 4.68 Å². The Morgan fingerprint density at radius 2 is 2.23 bits per heavy atom. The van der Waals surface area contributed by atoms with Crippen LogP contribution in [-0.4, -0.2) is 46.4 Å². The third-order valence-corrected chi connectivity index (χ3v) is 4.33. The van der Waals surface area contributed by atoms with Gasteiger partial charge in [0, 0.05) is 32.1 Å². The Kier molecular flexibility index (Phi) is 4.43. The Labute approximate surface area is 130 Å². The average molecular weight is 301 g/mol. The lowest BCUT2D eigenvalue weighted by atomic mass is 10.1. The van der Waals surface area contributed by atoms with Gasteiger partial charge in [0.1, 0.15) is 0 Å². The Hall–Kier alpha value is -1.88. The number of ether oxygens (including phenoxy) is 1. The molecular formula is C17H23N3O2. The number of para-hydroxylation sites is 1. The fraction of sp³-hybridized carbons (Fsp3) is 0.529. The number of likely N-dealkylation sites (N-methyl/N-ethyl adjacent to an activating group) is 1. The molecule has 2 heterocycles. The smallest absolute Gasteiger partial charge is 0.275 e. The van der Waals surface area contributed by atoms with Crippen LogP contribution in [0.1, 0.15) is 36.7 Å². The molecule has 22 heavy (non-hydrogen) atoms. The number of benzene rings is 1. The SMILES string of the molecule is CCN(CC1CCCCO1)C(=O)c1nn(C)c2ccccc12. The fourth-order valence-electron chi connectivity index (χ4n) is 3.07. The number of hydrogen-bond acceptors (Lipinski definition) is 3. The number of aryl methyl sites for hydroxylation is 1. The molecule has 0 radical (unpaired) electrons. The van der Waals surface area contributed by atoms with Crippen molar-refractivity contribution in [1.82, 2.24) is 14.7 Å². The predicted molar refractivity (Wildman–Crippen MR) is 85.9 cm³/mol. The van der Waals surface area contributed by atoms with Gasteiger partial charge in [-0.25, -0.2) is 0 Å². The minimum Gasteiger partial charge on any atom is -0.376 e. The first-order chi connectivity index (χ1) is 10.7. The lowest BCUT2D eigenvalue weighted by molar-refractivity contribution is -0.00320. The van der Waals surface area contributed by atoms with Crippen LogP contribution in [0.2, 0.25) is 0 Å². The molecule has 2 aromatic rings. The van der Waals surface area contributed by atoms with Gasteiger partial charge < -0.3 is 9.64 Å². The summed E-state index contributed by atoms with van der Waals surface area (Å²) in [6, 6.07) is 7.85. The number of nitrogens with zero attached hydrogens (tertiary/aromatic N) is 3. The lowest BCUT2D eigenvalue weighted by Gasteiger charge is -2.28. The van der Waals surface area contributed by atoms with E-state index in [1.165, 1.54) is 6.42 Å². The second-order valence-corrected chi connectivity index (χ2v) is 5.82. The van der Waals surface area contributed by atoms with Crippen LogP contribution in [0.5, 0.6) is 0 Å². The molecule has 0 bridgehead atoms. The summed E-state index contributed by atoms with van der Waals surface area (Å²) in [5, 5.41) is 5.35. The molecule has 118 valence electrons. The van der Waals surface area contributed by atoms with Crippen molar-refractivity contribution in [3.8, 4) is 0 Å². The van der Waals surface area contributed by atoms with E-state index in [2.05, 4.69) is 5.10 Å². The maximum atomic E-state index is 12.9. The second-order valence-electron chi connectivity index (χ2n) is 5.82. The Bertz CT molecular complexity index is 659. The molecule has 1 aromatic heterocycles. The van der Waals surface area contributed by atoms with E-state index in [9.17, 15) is 4.79 Å². The summed E-state index contributed by atoms with van der Waals surface area (Å²) in [7, 11) is 1.87. The van der Waals surface area contributed by atoms with Crippen LogP contribution in [0.15, 0.2) is 24.3 Å². The number of hydrogen-bond donors (Lipinski definition) is 0. The van der Waals surface area contributed by atoms with Gasteiger partial charge >= 0.3 is 0 Å². The minimum atomic E-state index is -0.00604. The van der Waals surface area contributed by atoms with Gasteiger partial charge in [-0.05, 0) is 32.3 Å². The third kappa shape index (κ3) is 2.86. The van der Waals surface area contributed by atoms with Crippen molar-refractivity contribution in [1.29, 1.82) is 0 Å². The van der Waals surface area contributed by atoms with Crippen molar-refractivity contribution < 1.29 is 9.53 Å². The Morgan fingerprint density at radius 1 is 1.41 bits per heavy atom. The number of carbonyl (C=O) groups is 1. The molecule has 5 nitrogen and oxygen atoms in total. The summed E-state index contributed by atoms with van der Waals surface area (Å²) in [5.74, 6) is -0.00604. The summed E-state index contributed by atoms with van der Waals surface area (Å²) < 4.78 is 7.54. The number of fused-ring (bicyclic) bond motifs is 1. The van der Waals surface area contributed by atoms with Gasteiger partial charge in [0.25, 0.3) is 5.91 Å². The Morgan fingerprint density at radius 3 is 2.95 bits per heavy atom. The molecule has 1 aliphatic rings. The first-order valence-corrected chi connectivity index (χ1v) is 8.03. The maximum absolute atomic E-state index is 12.9. The molecule has 1 amide bonds. The summed E-state index contributed by atoms with van der Waals surface area (Å²) in [4.78, 5) is 14.7. The van der Waals surface area contributed by atoms with E-state index in [4.69, 9.17) is 4.74 Å². The quantitative estimate of drug-likeness (QED) is 0.872. The number of amides is 1. The maximum Gasteiger partial charge on any atom is 0.275 e. The molecule has 0 saturated carbocycles. The van der Waals surface area contributed by atoms with E-state index < -0.39 is 0 Å². The monoisotopic (exact) mass is 301 g/mol. The van der Waals surface area contributed by atoms with Gasteiger partial charge in [0.2, 0.25) is 0 Å². The zero-order valence-electron chi connectivity index (χ0n) is 13.3. The highest BCUT2D eigenvalue weighted by Gasteiger charge is 2.24. The molecular weight excluding hydrogens is 278 g/mol.